The smallest absolute Gasteiger partial charge is 0.00696 e. The van der Waals surface area contributed by atoms with E-state index in [0.29, 0.717) is 0 Å². The molecule has 1 heteroatoms. The van der Waals surface area contributed by atoms with Crippen LogP contribution in [0.5, 0.6) is 0 Å². The lowest BCUT2D eigenvalue weighted by Gasteiger charge is -2.28. The Labute approximate surface area is 127 Å². The predicted molar refractivity (Wildman–Crippen MR) is 91.2 cm³/mol. The molecule has 1 aliphatic heterocycles. The highest BCUT2D eigenvalue weighted by Crippen LogP contribution is 2.16. The summed E-state index contributed by atoms with van der Waals surface area (Å²) in [4.78, 5) is 0. The third-order valence-corrected chi connectivity index (χ3v) is 4.52. The maximum absolute atomic E-state index is 3.73. The van der Waals surface area contributed by atoms with Crippen molar-refractivity contribution in [3.05, 3.63) is 12.2 Å². The summed E-state index contributed by atoms with van der Waals surface area (Å²) in [6.45, 7) is 4.61. The molecule has 1 rings (SSSR count). The topological polar surface area (TPSA) is 12.0 Å². The van der Waals surface area contributed by atoms with Gasteiger partial charge in [0.1, 0.15) is 0 Å². The van der Waals surface area contributed by atoms with Crippen molar-refractivity contribution < 1.29 is 0 Å². The van der Waals surface area contributed by atoms with Gasteiger partial charge in [-0.15, -0.1) is 0 Å². The van der Waals surface area contributed by atoms with Crippen LogP contribution in [-0.4, -0.2) is 12.1 Å². The number of unbranched alkanes of at least 4 members (excludes halogenated alkanes) is 7. The second kappa shape index (κ2) is 12.4. The lowest BCUT2D eigenvalue weighted by Crippen LogP contribution is -2.40. The zero-order valence-electron chi connectivity index (χ0n) is 14.0. The molecule has 20 heavy (non-hydrogen) atoms. The van der Waals surface area contributed by atoms with Crippen molar-refractivity contribution in [1.82, 2.24) is 5.32 Å². The van der Waals surface area contributed by atoms with E-state index in [9.17, 15) is 0 Å². The molecular weight excluding hydrogens is 242 g/mol. The number of hydrogen-bond acceptors (Lipinski definition) is 1. The van der Waals surface area contributed by atoms with Crippen LogP contribution < -0.4 is 5.32 Å². The van der Waals surface area contributed by atoms with Crippen LogP contribution in [-0.2, 0) is 0 Å². The number of allylic oxidation sites excluding steroid dienone is 2. The highest BCUT2D eigenvalue weighted by molar-refractivity contribution is 4.83. The van der Waals surface area contributed by atoms with Gasteiger partial charge in [0.05, 0.1) is 0 Å². The summed E-state index contributed by atoms with van der Waals surface area (Å²) in [6.07, 6.45) is 22.8. The number of piperidine rings is 1. The Kier molecular flexibility index (Phi) is 11.0. The summed E-state index contributed by atoms with van der Waals surface area (Å²) in [5.74, 6) is 0. The van der Waals surface area contributed by atoms with E-state index in [4.69, 9.17) is 0 Å². The molecule has 0 spiro atoms. The number of hydrogen-bond donors (Lipinski definition) is 1. The molecule has 1 N–H and O–H groups in total. The van der Waals surface area contributed by atoms with Crippen molar-refractivity contribution in [1.29, 1.82) is 0 Å². The average Bonchev–Trinajstić information content (AvgIpc) is 2.45. The standard InChI is InChI=1S/C19H37N/c1-3-4-5-6-7-8-9-10-11-12-13-16-19-17-14-15-18(2)20-19/h10-11,18-20H,3-9,12-17H2,1-2H3/b11-10-/t18-,19+/m0/s1. The lowest BCUT2D eigenvalue weighted by atomic mass is 9.96. The van der Waals surface area contributed by atoms with Gasteiger partial charge < -0.3 is 5.32 Å². The van der Waals surface area contributed by atoms with E-state index in [1.165, 1.54) is 83.5 Å². The van der Waals surface area contributed by atoms with Gasteiger partial charge in [-0.2, -0.15) is 0 Å². The predicted octanol–water partition coefficient (Wildman–Crippen LogP) is 5.99. The van der Waals surface area contributed by atoms with Gasteiger partial charge in [0.15, 0.2) is 0 Å². The monoisotopic (exact) mass is 279 g/mol. The van der Waals surface area contributed by atoms with E-state index in [0.717, 1.165) is 12.1 Å². The van der Waals surface area contributed by atoms with Crippen LogP contribution in [0.25, 0.3) is 0 Å². The Morgan fingerprint density at radius 1 is 0.900 bits per heavy atom. The molecule has 0 saturated carbocycles. The van der Waals surface area contributed by atoms with Crippen molar-refractivity contribution in [2.45, 2.75) is 109 Å². The maximum Gasteiger partial charge on any atom is 0.00696 e. The van der Waals surface area contributed by atoms with E-state index in [1.807, 2.05) is 0 Å². The van der Waals surface area contributed by atoms with Gasteiger partial charge in [-0.1, -0.05) is 57.6 Å². The molecule has 0 radical (unpaired) electrons. The first-order chi connectivity index (χ1) is 9.83. The van der Waals surface area contributed by atoms with E-state index < -0.39 is 0 Å². The highest BCUT2D eigenvalue weighted by atomic mass is 15.0. The zero-order chi connectivity index (χ0) is 14.5. The minimum absolute atomic E-state index is 0.747. The molecule has 0 amide bonds. The minimum atomic E-state index is 0.747. The largest absolute Gasteiger partial charge is 0.312 e. The van der Waals surface area contributed by atoms with Gasteiger partial charge in [0.2, 0.25) is 0 Å². The van der Waals surface area contributed by atoms with Crippen molar-refractivity contribution in [3.63, 3.8) is 0 Å². The molecule has 1 heterocycles. The fourth-order valence-electron chi connectivity index (χ4n) is 3.23. The summed E-state index contributed by atoms with van der Waals surface area (Å²) in [5, 5.41) is 3.73. The second-order valence-corrected chi connectivity index (χ2v) is 6.65. The quantitative estimate of drug-likeness (QED) is 0.361. The van der Waals surface area contributed by atoms with Crippen LogP contribution in [0.2, 0.25) is 0 Å². The first-order valence-electron chi connectivity index (χ1n) is 9.24. The average molecular weight is 280 g/mol. The molecule has 118 valence electrons. The Morgan fingerprint density at radius 3 is 2.35 bits per heavy atom. The Hall–Kier alpha value is -0.300. The molecule has 0 aromatic rings. The van der Waals surface area contributed by atoms with Crippen LogP contribution in [0.15, 0.2) is 12.2 Å². The third-order valence-electron chi connectivity index (χ3n) is 4.52. The van der Waals surface area contributed by atoms with Crippen molar-refractivity contribution in [3.8, 4) is 0 Å². The summed E-state index contributed by atoms with van der Waals surface area (Å²) in [6, 6.07) is 1.54. The summed E-state index contributed by atoms with van der Waals surface area (Å²) < 4.78 is 0. The van der Waals surface area contributed by atoms with Gasteiger partial charge in [-0.05, 0) is 51.9 Å². The lowest BCUT2D eigenvalue weighted by molar-refractivity contribution is 0.318. The zero-order valence-corrected chi connectivity index (χ0v) is 14.0. The Balaban J connectivity index is 1.84. The van der Waals surface area contributed by atoms with Crippen molar-refractivity contribution >= 4 is 0 Å². The Morgan fingerprint density at radius 2 is 1.60 bits per heavy atom. The van der Waals surface area contributed by atoms with Crippen LogP contribution in [0.4, 0.5) is 0 Å². The first-order valence-corrected chi connectivity index (χ1v) is 9.24. The van der Waals surface area contributed by atoms with Crippen LogP contribution in [0.1, 0.15) is 97.3 Å². The van der Waals surface area contributed by atoms with Crippen molar-refractivity contribution in [2.24, 2.45) is 0 Å². The molecular formula is C19H37N. The molecule has 1 fully saturated rings. The summed E-state index contributed by atoms with van der Waals surface area (Å²) in [5.41, 5.74) is 0. The van der Waals surface area contributed by atoms with Gasteiger partial charge in [-0.3, -0.25) is 0 Å². The number of rotatable bonds is 11. The van der Waals surface area contributed by atoms with Gasteiger partial charge in [0.25, 0.3) is 0 Å². The van der Waals surface area contributed by atoms with Crippen molar-refractivity contribution in [2.75, 3.05) is 0 Å². The van der Waals surface area contributed by atoms with Crippen LogP contribution in [0, 0.1) is 0 Å². The van der Waals surface area contributed by atoms with Gasteiger partial charge in [-0.25, -0.2) is 0 Å². The summed E-state index contributed by atoms with van der Waals surface area (Å²) >= 11 is 0. The molecule has 1 aliphatic rings. The highest BCUT2D eigenvalue weighted by Gasteiger charge is 2.16. The maximum atomic E-state index is 3.73. The van der Waals surface area contributed by atoms with Gasteiger partial charge >= 0.3 is 0 Å². The number of nitrogens with one attached hydrogen (secondary N) is 1. The Bertz CT molecular complexity index is 234. The van der Waals surface area contributed by atoms with Crippen LogP contribution >= 0.6 is 0 Å². The molecule has 0 bridgehead atoms. The first kappa shape index (κ1) is 17.8. The third kappa shape index (κ3) is 9.58. The fourth-order valence-corrected chi connectivity index (χ4v) is 3.23. The van der Waals surface area contributed by atoms with E-state index >= 15 is 0 Å². The molecule has 2 atom stereocenters. The second-order valence-electron chi connectivity index (χ2n) is 6.65. The van der Waals surface area contributed by atoms with E-state index in [1.54, 1.807) is 0 Å². The molecule has 0 unspecified atom stereocenters. The molecule has 1 nitrogen and oxygen atoms in total. The molecule has 0 aromatic carbocycles. The molecule has 0 aromatic heterocycles. The van der Waals surface area contributed by atoms with Crippen LogP contribution in [0.3, 0.4) is 0 Å². The molecule has 1 saturated heterocycles. The summed E-state index contributed by atoms with van der Waals surface area (Å²) in [7, 11) is 0. The SMILES string of the molecule is CCCCCCCC/C=C\CCC[C@@H]1CCC[C@H](C)N1. The minimum Gasteiger partial charge on any atom is -0.312 e. The van der Waals surface area contributed by atoms with Gasteiger partial charge in [0, 0.05) is 12.1 Å². The normalized spacial score (nSPS) is 23.5. The fraction of sp³-hybridized carbons (Fsp3) is 0.895. The molecule has 0 aliphatic carbocycles. The van der Waals surface area contributed by atoms with E-state index in [-0.39, 0.29) is 0 Å². The van der Waals surface area contributed by atoms with E-state index in [2.05, 4.69) is 31.3 Å².